The van der Waals surface area contributed by atoms with Crippen LogP contribution >= 0.6 is 0 Å². The Hall–Kier alpha value is -0.940. The topological polar surface area (TPSA) is 47.7 Å². The molecular formula is C17H30N2O2. The molecule has 2 atom stereocenters. The van der Waals surface area contributed by atoms with Crippen LogP contribution in [0.1, 0.15) is 37.4 Å². The van der Waals surface area contributed by atoms with Crippen molar-refractivity contribution < 1.29 is 9.47 Å². The summed E-state index contributed by atoms with van der Waals surface area (Å²) in [5, 5.41) is 0. The lowest BCUT2D eigenvalue weighted by atomic mass is 9.97. The maximum atomic E-state index is 6.11. The van der Waals surface area contributed by atoms with Crippen LogP contribution in [-0.2, 0) is 16.1 Å². The first-order valence-corrected chi connectivity index (χ1v) is 7.71. The fourth-order valence-corrected chi connectivity index (χ4v) is 2.70. The maximum absolute atomic E-state index is 6.11. The largest absolute Gasteiger partial charge is 0.383 e. The van der Waals surface area contributed by atoms with Crippen LogP contribution in [0.15, 0.2) is 24.3 Å². The zero-order chi connectivity index (χ0) is 15.7. The fraction of sp³-hybridized carbons (Fsp3) is 0.647. The molecule has 2 N–H and O–H groups in total. The van der Waals surface area contributed by atoms with Gasteiger partial charge < -0.3 is 15.2 Å². The van der Waals surface area contributed by atoms with Crippen LogP contribution in [0.25, 0.3) is 0 Å². The minimum atomic E-state index is 0.196. The van der Waals surface area contributed by atoms with Crippen LogP contribution in [-0.4, -0.2) is 44.9 Å². The Kier molecular flexibility index (Phi) is 8.54. The predicted molar refractivity (Wildman–Crippen MR) is 87.3 cm³/mol. The molecule has 1 aromatic rings. The minimum Gasteiger partial charge on any atom is -0.383 e. The van der Waals surface area contributed by atoms with Gasteiger partial charge in [0.05, 0.1) is 13.2 Å². The number of methoxy groups -OCH3 is 2. The molecule has 0 saturated heterocycles. The molecule has 0 heterocycles. The zero-order valence-electron chi connectivity index (χ0n) is 13.8. The molecule has 0 saturated carbocycles. The summed E-state index contributed by atoms with van der Waals surface area (Å²) >= 11 is 0. The van der Waals surface area contributed by atoms with Gasteiger partial charge in [-0.15, -0.1) is 0 Å². The molecule has 4 heteroatoms. The first-order chi connectivity index (χ1) is 10.2. The molecule has 0 radical (unpaired) electrons. The second kappa shape index (κ2) is 9.90. The lowest BCUT2D eigenvalue weighted by Gasteiger charge is -2.36. The van der Waals surface area contributed by atoms with E-state index in [4.69, 9.17) is 15.2 Å². The van der Waals surface area contributed by atoms with E-state index in [1.807, 2.05) is 6.07 Å². The third-order valence-corrected chi connectivity index (χ3v) is 4.05. The van der Waals surface area contributed by atoms with Crippen molar-refractivity contribution in [2.24, 2.45) is 5.73 Å². The van der Waals surface area contributed by atoms with Crippen LogP contribution in [0.5, 0.6) is 0 Å². The van der Waals surface area contributed by atoms with E-state index in [0.717, 1.165) is 13.0 Å². The fourth-order valence-electron chi connectivity index (χ4n) is 2.70. The van der Waals surface area contributed by atoms with Gasteiger partial charge in [0.15, 0.2) is 0 Å². The Balaban J connectivity index is 3.06. The number of nitrogens with zero attached hydrogens (tertiary/aromatic N) is 1. The average molecular weight is 294 g/mol. The highest BCUT2D eigenvalue weighted by atomic mass is 16.5. The van der Waals surface area contributed by atoms with E-state index in [2.05, 4.69) is 36.9 Å². The highest BCUT2D eigenvalue weighted by molar-refractivity contribution is 5.30. The van der Waals surface area contributed by atoms with Gasteiger partial charge in [0.1, 0.15) is 0 Å². The number of hydrogen-bond donors (Lipinski definition) is 1. The van der Waals surface area contributed by atoms with E-state index in [9.17, 15) is 0 Å². The first-order valence-electron chi connectivity index (χ1n) is 7.71. The predicted octanol–water partition coefficient (Wildman–Crippen LogP) is 2.58. The molecule has 21 heavy (non-hydrogen) atoms. The van der Waals surface area contributed by atoms with Crippen LogP contribution in [0, 0.1) is 0 Å². The average Bonchev–Trinajstić information content (AvgIpc) is 2.52. The lowest BCUT2D eigenvalue weighted by Crippen LogP contribution is -2.42. The van der Waals surface area contributed by atoms with Crippen LogP contribution in [0.3, 0.4) is 0 Å². The minimum absolute atomic E-state index is 0.196. The Morgan fingerprint density at radius 2 is 1.90 bits per heavy atom. The maximum Gasteiger partial charge on any atom is 0.0716 e. The van der Waals surface area contributed by atoms with Gasteiger partial charge in [0.2, 0.25) is 0 Å². The van der Waals surface area contributed by atoms with Gasteiger partial charge in [-0.05, 0) is 24.5 Å². The van der Waals surface area contributed by atoms with E-state index in [-0.39, 0.29) is 6.04 Å². The molecule has 0 spiro atoms. The highest BCUT2D eigenvalue weighted by Crippen LogP contribution is 2.26. The summed E-state index contributed by atoms with van der Waals surface area (Å²) < 4.78 is 10.6. The Morgan fingerprint density at radius 1 is 1.19 bits per heavy atom. The number of ether oxygens (including phenoxy) is 2. The molecule has 0 bridgehead atoms. The normalized spacial score (nSPS) is 14.4. The second-order valence-electron chi connectivity index (χ2n) is 5.37. The third kappa shape index (κ3) is 5.08. The van der Waals surface area contributed by atoms with Gasteiger partial charge in [-0.2, -0.15) is 0 Å². The van der Waals surface area contributed by atoms with Crippen molar-refractivity contribution in [1.29, 1.82) is 0 Å². The summed E-state index contributed by atoms with van der Waals surface area (Å²) in [4.78, 5) is 2.44. The second-order valence-corrected chi connectivity index (χ2v) is 5.37. The summed E-state index contributed by atoms with van der Waals surface area (Å²) in [6.45, 7) is 7.26. The molecule has 4 nitrogen and oxygen atoms in total. The smallest absolute Gasteiger partial charge is 0.0716 e. The van der Waals surface area contributed by atoms with Crippen molar-refractivity contribution in [2.45, 2.75) is 39.0 Å². The molecule has 120 valence electrons. The highest BCUT2D eigenvalue weighted by Gasteiger charge is 2.24. The molecular weight excluding hydrogens is 264 g/mol. The Bertz CT molecular complexity index is 398. The van der Waals surface area contributed by atoms with Crippen LogP contribution in [0.2, 0.25) is 0 Å². The number of benzene rings is 1. The van der Waals surface area contributed by atoms with E-state index >= 15 is 0 Å². The third-order valence-electron chi connectivity index (χ3n) is 4.05. The van der Waals surface area contributed by atoms with Gasteiger partial charge in [-0.1, -0.05) is 31.2 Å². The van der Waals surface area contributed by atoms with Crippen molar-refractivity contribution in [3.63, 3.8) is 0 Å². The van der Waals surface area contributed by atoms with Crippen molar-refractivity contribution in [3.8, 4) is 0 Å². The van der Waals surface area contributed by atoms with Gasteiger partial charge >= 0.3 is 0 Å². The summed E-state index contributed by atoms with van der Waals surface area (Å²) in [5.41, 5.74) is 8.58. The van der Waals surface area contributed by atoms with Crippen molar-refractivity contribution in [3.05, 3.63) is 35.4 Å². The van der Waals surface area contributed by atoms with Gasteiger partial charge in [-0.25, -0.2) is 0 Å². The molecule has 1 aromatic carbocycles. The van der Waals surface area contributed by atoms with Crippen molar-refractivity contribution >= 4 is 0 Å². The summed E-state index contributed by atoms with van der Waals surface area (Å²) in [6.07, 6.45) is 1.09. The van der Waals surface area contributed by atoms with Crippen molar-refractivity contribution in [2.75, 3.05) is 33.9 Å². The van der Waals surface area contributed by atoms with E-state index < -0.39 is 0 Å². The first kappa shape index (κ1) is 18.1. The monoisotopic (exact) mass is 294 g/mol. The summed E-state index contributed by atoms with van der Waals surface area (Å²) in [5.74, 6) is 0. The van der Waals surface area contributed by atoms with Gasteiger partial charge in [0, 0.05) is 39.4 Å². The van der Waals surface area contributed by atoms with E-state index in [1.54, 1.807) is 14.2 Å². The van der Waals surface area contributed by atoms with Crippen LogP contribution in [0.4, 0.5) is 0 Å². The molecule has 0 fully saturated rings. The van der Waals surface area contributed by atoms with E-state index in [0.29, 0.717) is 25.8 Å². The lowest BCUT2D eigenvalue weighted by molar-refractivity contribution is 0.0888. The molecule has 0 aromatic heterocycles. The Labute approximate surface area is 129 Å². The number of hydrogen-bond acceptors (Lipinski definition) is 4. The molecule has 0 amide bonds. The van der Waals surface area contributed by atoms with E-state index in [1.165, 1.54) is 11.1 Å². The standard InChI is InChI=1S/C17H30N2O2/c1-5-14(2)19(10-11-20-3)17(12-18)16-9-7-6-8-15(16)13-21-4/h6-9,14,17H,5,10-13,18H2,1-4H3. The van der Waals surface area contributed by atoms with Gasteiger partial charge in [0.25, 0.3) is 0 Å². The summed E-state index contributed by atoms with van der Waals surface area (Å²) in [6, 6.07) is 9.06. The molecule has 0 aliphatic carbocycles. The SMILES string of the molecule is CCC(C)N(CCOC)C(CN)c1ccccc1COC. The molecule has 0 aliphatic heterocycles. The zero-order valence-corrected chi connectivity index (χ0v) is 13.8. The summed E-state index contributed by atoms with van der Waals surface area (Å²) in [7, 11) is 3.47. The molecule has 0 aliphatic rings. The van der Waals surface area contributed by atoms with Crippen LogP contribution < -0.4 is 5.73 Å². The molecule has 2 unspecified atom stereocenters. The van der Waals surface area contributed by atoms with Crippen molar-refractivity contribution in [1.82, 2.24) is 4.90 Å². The number of rotatable bonds is 10. The number of nitrogens with two attached hydrogens (primary N) is 1. The molecule has 1 rings (SSSR count). The Morgan fingerprint density at radius 3 is 2.48 bits per heavy atom. The quantitative estimate of drug-likeness (QED) is 0.720. The van der Waals surface area contributed by atoms with Gasteiger partial charge in [-0.3, -0.25) is 4.90 Å².